The average Bonchev–Trinajstić information content (AvgIpc) is 3.14. The first-order chi connectivity index (χ1) is 11.0. The van der Waals surface area contributed by atoms with Gasteiger partial charge in [0.2, 0.25) is 0 Å². The fourth-order valence-corrected chi connectivity index (χ4v) is 5.26. The molecular formula is C16H21N3O3S. The number of hydrogen-bond acceptors (Lipinski definition) is 4. The molecule has 0 saturated heterocycles. The highest BCUT2D eigenvalue weighted by Gasteiger charge is 2.39. The van der Waals surface area contributed by atoms with Gasteiger partial charge in [-0.25, -0.2) is 8.42 Å². The molecule has 2 aliphatic carbocycles. The smallest absolute Gasteiger partial charge is 0.256 e. The zero-order valence-corrected chi connectivity index (χ0v) is 13.8. The maximum absolute atomic E-state index is 12.3. The molecule has 1 amide bonds. The molecule has 23 heavy (non-hydrogen) atoms. The lowest BCUT2D eigenvalue weighted by Gasteiger charge is -2.27. The maximum Gasteiger partial charge on any atom is 0.256 e. The first kappa shape index (κ1) is 14.9. The minimum atomic E-state index is -3.35. The molecule has 0 radical (unpaired) electrons. The van der Waals surface area contributed by atoms with Crippen molar-refractivity contribution in [2.45, 2.75) is 25.7 Å². The number of hydrogen-bond donors (Lipinski definition) is 1. The summed E-state index contributed by atoms with van der Waals surface area (Å²) in [4.78, 5) is 14.1. The minimum absolute atomic E-state index is 0.0130. The third kappa shape index (κ3) is 2.94. The highest BCUT2D eigenvalue weighted by atomic mass is 32.2. The molecule has 2 aliphatic heterocycles. The Hall–Kier alpha value is -1.63. The summed E-state index contributed by atoms with van der Waals surface area (Å²) in [5.74, 6) is 2.59. The Labute approximate surface area is 136 Å². The number of amidine groups is 1. The lowest BCUT2D eigenvalue weighted by molar-refractivity contribution is -0.117. The molecule has 1 N–H and O–H groups in total. The molecule has 0 aromatic carbocycles. The van der Waals surface area contributed by atoms with Crippen LogP contribution in [0.4, 0.5) is 0 Å². The van der Waals surface area contributed by atoms with Crippen LogP contribution in [0.1, 0.15) is 25.7 Å². The van der Waals surface area contributed by atoms with Gasteiger partial charge in [-0.3, -0.25) is 4.79 Å². The van der Waals surface area contributed by atoms with Gasteiger partial charge in [0, 0.05) is 19.3 Å². The molecule has 124 valence electrons. The third-order valence-corrected chi connectivity index (χ3v) is 6.66. The summed E-state index contributed by atoms with van der Waals surface area (Å²) in [5, 5.41) is 3.05. The van der Waals surface area contributed by atoms with Crippen molar-refractivity contribution < 1.29 is 13.2 Å². The summed E-state index contributed by atoms with van der Waals surface area (Å²) in [5.41, 5.74) is 0.561. The normalized spacial score (nSPS) is 33.9. The molecular weight excluding hydrogens is 314 g/mol. The fraction of sp³-hybridized carbons (Fsp3) is 0.625. The SMILES string of the molecule is O=C(NCC1CC2CCC1C2)C1=CN2CCS(=O)(=O)N=C2C=C1. The topological polar surface area (TPSA) is 78.8 Å². The predicted octanol–water partition coefficient (Wildman–Crippen LogP) is 1.04. The van der Waals surface area contributed by atoms with Crippen LogP contribution >= 0.6 is 0 Å². The number of nitrogens with zero attached hydrogens (tertiary/aromatic N) is 2. The number of carbonyl (C=O) groups excluding carboxylic acids is 1. The van der Waals surface area contributed by atoms with Crippen molar-refractivity contribution in [1.82, 2.24) is 10.2 Å². The molecule has 2 fully saturated rings. The van der Waals surface area contributed by atoms with E-state index in [0.29, 0.717) is 23.9 Å². The predicted molar refractivity (Wildman–Crippen MR) is 87.1 cm³/mol. The molecule has 4 rings (SSSR count). The van der Waals surface area contributed by atoms with Crippen LogP contribution in [0, 0.1) is 17.8 Å². The number of rotatable bonds is 3. The first-order valence-electron chi connectivity index (χ1n) is 8.27. The maximum atomic E-state index is 12.3. The van der Waals surface area contributed by atoms with Gasteiger partial charge in [-0.05, 0) is 49.2 Å². The first-order valence-corrected chi connectivity index (χ1v) is 9.88. The van der Waals surface area contributed by atoms with Crippen LogP contribution < -0.4 is 5.32 Å². The molecule has 2 saturated carbocycles. The van der Waals surface area contributed by atoms with Gasteiger partial charge < -0.3 is 10.2 Å². The molecule has 3 atom stereocenters. The van der Waals surface area contributed by atoms with Crippen molar-refractivity contribution >= 4 is 21.8 Å². The third-order valence-electron chi connectivity index (χ3n) is 5.50. The van der Waals surface area contributed by atoms with Crippen LogP contribution in [0.2, 0.25) is 0 Å². The summed E-state index contributed by atoms with van der Waals surface area (Å²) in [6, 6.07) is 0. The number of sulfonamides is 1. The standard InChI is InChI=1S/C16H21N3O3S/c20-16(17-9-14-8-11-1-2-12(14)7-11)13-3-4-15-18-23(21,22)6-5-19(15)10-13/h3-4,10-12,14H,1-2,5-9H2,(H,17,20). The number of nitrogens with one attached hydrogen (secondary N) is 1. The van der Waals surface area contributed by atoms with E-state index < -0.39 is 10.0 Å². The summed E-state index contributed by atoms with van der Waals surface area (Å²) >= 11 is 0. The lowest BCUT2D eigenvalue weighted by Crippen LogP contribution is -2.38. The Morgan fingerprint density at radius 2 is 2.17 bits per heavy atom. The van der Waals surface area contributed by atoms with Gasteiger partial charge in [-0.15, -0.1) is 4.40 Å². The van der Waals surface area contributed by atoms with Gasteiger partial charge >= 0.3 is 0 Å². The Bertz CT molecular complexity index is 723. The van der Waals surface area contributed by atoms with Gasteiger partial charge in [-0.1, -0.05) is 6.42 Å². The Balaban J connectivity index is 1.38. The van der Waals surface area contributed by atoms with Crippen molar-refractivity contribution in [1.29, 1.82) is 0 Å². The Morgan fingerprint density at radius 3 is 2.91 bits per heavy atom. The fourth-order valence-electron chi connectivity index (χ4n) is 4.29. The zero-order valence-electron chi connectivity index (χ0n) is 12.9. The molecule has 2 heterocycles. The van der Waals surface area contributed by atoms with Gasteiger partial charge in [0.05, 0.1) is 11.3 Å². The van der Waals surface area contributed by atoms with Gasteiger partial charge in [-0.2, -0.15) is 0 Å². The molecule has 0 aromatic rings. The quantitative estimate of drug-likeness (QED) is 0.836. The van der Waals surface area contributed by atoms with E-state index in [1.807, 2.05) is 0 Å². The van der Waals surface area contributed by atoms with E-state index in [-0.39, 0.29) is 11.7 Å². The van der Waals surface area contributed by atoms with Crippen LogP contribution in [-0.2, 0) is 14.8 Å². The molecule has 0 spiro atoms. The van der Waals surface area contributed by atoms with Crippen LogP contribution in [0.5, 0.6) is 0 Å². The van der Waals surface area contributed by atoms with Crippen LogP contribution in [-0.4, -0.2) is 43.9 Å². The largest absolute Gasteiger partial charge is 0.352 e. The highest BCUT2D eigenvalue weighted by Crippen LogP contribution is 2.47. The van der Waals surface area contributed by atoms with E-state index in [2.05, 4.69) is 9.71 Å². The molecule has 7 heteroatoms. The molecule has 2 bridgehead atoms. The van der Waals surface area contributed by atoms with Crippen molar-refractivity contribution in [2.24, 2.45) is 22.2 Å². The number of fused-ring (bicyclic) bond motifs is 3. The monoisotopic (exact) mass is 335 g/mol. The van der Waals surface area contributed by atoms with Gasteiger partial charge in [0.1, 0.15) is 5.84 Å². The van der Waals surface area contributed by atoms with E-state index in [9.17, 15) is 13.2 Å². The number of carbonyl (C=O) groups is 1. The molecule has 0 aromatic heterocycles. The van der Waals surface area contributed by atoms with Gasteiger partial charge in [0.25, 0.3) is 15.9 Å². The summed E-state index contributed by atoms with van der Waals surface area (Å²) in [6.45, 7) is 1.09. The van der Waals surface area contributed by atoms with Gasteiger partial charge in [0.15, 0.2) is 0 Å². The summed E-state index contributed by atoms with van der Waals surface area (Å²) in [7, 11) is -3.35. The molecule has 3 unspecified atom stereocenters. The van der Waals surface area contributed by atoms with E-state index >= 15 is 0 Å². The van der Waals surface area contributed by atoms with Crippen LogP contribution in [0.25, 0.3) is 0 Å². The second-order valence-electron chi connectivity index (χ2n) is 6.99. The summed E-state index contributed by atoms with van der Waals surface area (Å²) < 4.78 is 26.7. The van der Waals surface area contributed by atoms with Crippen molar-refractivity contribution in [3.63, 3.8) is 0 Å². The van der Waals surface area contributed by atoms with E-state index in [1.165, 1.54) is 25.7 Å². The highest BCUT2D eigenvalue weighted by molar-refractivity contribution is 7.90. The van der Waals surface area contributed by atoms with Crippen molar-refractivity contribution in [3.8, 4) is 0 Å². The van der Waals surface area contributed by atoms with Crippen molar-refractivity contribution in [3.05, 3.63) is 23.9 Å². The van der Waals surface area contributed by atoms with E-state index in [1.54, 1.807) is 23.3 Å². The second-order valence-corrected chi connectivity index (χ2v) is 8.75. The Kier molecular flexibility index (Phi) is 3.55. The van der Waals surface area contributed by atoms with Crippen LogP contribution in [0.3, 0.4) is 0 Å². The minimum Gasteiger partial charge on any atom is -0.352 e. The zero-order chi connectivity index (χ0) is 16.0. The average molecular weight is 335 g/mol. The molecule has 6 nitrogen and oxygen atoms in total. The Morgan fingerprint density at radius 1 is 1.30 bits per heavy atom. The van der Waals surface area contributed by atoms with E-state index in [0.717, 1.165) is 18.4 Å². The van der Waals surface area contributed by atoms with Crippen LogP contribution in [0.15, 0.2) is 28.3 Å². The van der Waals surface area contributed by atoms with Crippen molar-refractivity contribution in [2.75, 3.05) is 18.8 Å². The summed E-state index contributed by atoms with van der Waals surface area (Å²) in [6.07, 6.45) is 10.2. The lowest BCUT2D eigenvalue weighted by atomic mass is 9.89. The molecule has 4 aliphatic rings. The number of amides is 1. The van der Waals surface area contributed by atoms with E-state index in [4.69, 9.17) is 0 Å². The second kappa shape index (κ2) is 5.47.